The van der Waals surface area contributed by atoms with Crippen molar-refractivity contribution >= 4 is 34.8 Å². The highest BCUT2D eigenvalue weighted by Crippen LogP contribution is 2.36. The SMILES string of the molecule is COc1ccccc1/C=C1/C(=O)Nc2ccc(Cl)cc21. The fraction of sp³-hybridized carbons (Fsp3) is 0.0625. The quantitative estimate of drug-likeness (QED) is 0.851. The lowest BCUT2D eigenvalue weighted by Gasteiger charge is -2.05. The number of halogens is 1. The van der Waals surface area contributed by atoms with Gasteiger partial charge in [0.1, 0.15) is 5.75 Å². The van der Waals surface area contributed by atoms with Gasteiger partial charge in [0.05, 0.1) is 7.11 Å². The first kappa shape index (κ1) is 12.8. The van der Waals surface area contributed by atoms with Crippen molar-refractivity contribution in [2.75, 3.05) is 12.4 Å². The largest absolute Gasteiger partial charge is 0.496 e. The van der Waals surface area contributed by atoms with Crippen molar-refractivity contribution in [2.24, 2.45) is 0 Å². The lowest BCUT2D eigenvalue weighted by atomic mass is 10.0. The van der Waals surface area contributed by atoms with Crippen LogP contribution in [-0.2, 0) is 4.79 Å². The highest BCUT2D eigenvalue weighted by molar-refractivity contribution is 6.36. The Balaban J connectivity index is 2.13. The molecule has 3 nitrogen and oxygen atoms in total. The predicted molar refractivity (Wildman–Crippen MR) is 80.9 cm³/mol. The lowest BCUT2D eigenvalue weighted by molar-refractivity contribution is -0.110. The molecule has 3 rings (SSSR count). The molecule has 1 aliphatic rings. The molecule has 1 N–H and O–H groups in total. The van der Waals surface area contributed by atoms with Crippen LogP contribution in [0.4, 0.5) is 5.69 Å². The van der Waals surface area contributed by atoms with E-state index in [1.54, 1.807) is 25.3 Å². The number of methoxy groups -OCH3 is 1. The number of carbonyl (C=O) groups excluding carboxylic acids is 1. The van der Waals surface area contributed by atoms with Crippen LogP contribution < -0.4 is 10.1 Å². The third kappa shape index (κ3) is 2.17. The minimum Gasteiger partial charge on any atom is -0.496 e. The zero-order chi connectivity index (χ0) is 14.1. The Labute approximate surface area is 121 Å². The van der Waals surface area contributed by atoms with Gasteiger partial charge in [0.2, 0.25) is 0 Å². The van der Waals surface area contributed by atoms with Crippen molar-refractivity contribution in [3.63, 3.8) is 0 Å². The monoisotopic (exact) mass is 285 g/mol. The standard InChI is InChI=1S/C16H12ClNO2/c1-20-15-5-3-2-4-10(15)8-13-12-9-11(17)6-7-14(12)18-16(13)19/h2-9H,1H3,(H,18,19)/b13-8+. The van der Waals surface area contributed by atoms with E-state index in [-0.39, 0.29) is 5.91 Å². The molecular weight excluding hydrogens is 274 g/mol. The van der Waals surface area contributed by atoms with Crippen molar-refractivity contribution in [2.45, 2.75) is 0 Å². The first-order valence-corrected chi connectivity index (χ1v) is 6.53. The Bertz CT molecular complexity index is 722. The molecule has 0 atom stereocenters. The average molecular weight is 286 g/mol. The van der Waals surface area contributed by atoms with Gasteiger partial charge in [-0.1, -0.05) is 29.8 Å². The highest BCUT2D eigenvalue weighted by atomic mass is 35.5. The smallest absolute Gasteiger partial charge is 0.256 e. The van der Waals surface area contributed by atoms with Gasteiger partial charge < -0.3 is 10.1 Å². The third-order valence-corrected chi connectivity index (χ3v) is 3.44. The van der Waals surface area contributed by atoms with Crippen molar-refractivity contribution in [3.8, 4) is 5.75 Å². The summed E-state index contributed by atoms with van der Waals surface area (Å²) in [6, 6.07) is 12.9. The van der Waals surface area contributed by atoms with Crippen LogP contribution in [0, 0.1) is 0 Å². The molecule has 4 heteroatoms. The summed E-state index contributed by atoms with van der Waals surface area (Å²) in [7, 11) is 1.61. The highest BCUT2D eigenvalue weighted by Gasteiger charge is 2.24. The van der Waals surface area contributed by atoms with Gasteiger partial charge in [-0.15, -0.1) is 0 Å². The van der Waals surface area contributed by atoms with E-state index >= 15 is 0 Å². The summed E-state index contributed by atoms with van der Waals surface area (Å²) < 4.78 is 5.30. The zero-order valence-corrected chi connectivity index (χ0v) is 11.6. The molecule has 0 spiro atoms. The molecular formula is C16H12ClNO2. The van der Waals surface area contributed by atoms with Crippen molar-refractivity contribution in [3.05, 3.63) is 58.6 Å². The number of fused-ring (bicyclic) bond motifs is 1. The molecule has 1 heterocycles. The maximum Gasteiger partial charge on any atom is 0.256 e. The average Bonchev–Trinajstić information content (AvgIpc) is 2.76. The first-order valence-electron chi connectivity index (χ1n) is 6.15. The zero-order valence-electron chi connectivity index (χ0n) is 10.8. The van der Waals surface area contributed by atoms with Crippen molar-refractivity contribution in [1.82, 2.24) is 0 Å². The number of ether oxygens (including phenoxy) is 1. The molecule has 20 heavy (non-hydrogen) atoms. The number of rotatable bonds is 2. The Kier molecular flexibility index (Phi) is 3.20. The maximum absolute atomic E-state index is 12.1. The molecule has 2 aromatic carbocycles. The van der Waals surface area contributed by atoms with Crippen LogP contribution in [0.15, 0.2) is 42.5 Å². The number of carbonyl (C=O) groups is 1. The molecule has 0 unspecified atom stereocenters. The second-order valence-corrected chi connectivity index (χ2v) is 4.88. The summed E-state index contributed by atoms with van der Waals surface area (Å²) in [6.07, 6.45) is 1.82. The van der Waals surface area contributed by atoms with E-state index in [0.717, 1.165) is 22.6 Å². The topological polar surface area (TPSA) is 38.3 Å². The summed E-state index contributed by atoms with van der Waals surface area (Å²) in [5.74, 6) is 0.594. The van der Waals surface area contributed by atoms with Crippen molar-refractivity contribution in [1.29, 1.82) is 0 Å². The van der Waals surface area contributed by atoms with Crippen LogP contribution in [0.5, 0.6) is 5.75 Å². The van der Waals surface area contributed by atoms with E-state index in [9.17, 15) is 4.79 Å². The van der Waals surface area contributed by atoms with Crippen LogP contribution in [0.2, 0.25) is 5.02 Å². The fourth-order valence-corrected chi connectivity index (χ4v) is 2.42. The van der Waals surface area contributed by atoms with Crippen molar-refractivity contribution < 1.29 is 9.53 Å². The van der Waals surface area contributed by atoms with Crippen LogP contribution >= 0.6 is 11.6 Å². The molecule has 1 amide bonds. The Morgan fingerprint density at radius 1 is 1.20 bits per heavy atom. The molecule has 0 aliphatic carbocycles. The summed E-state index contributed by atoms with van der Waals surface area (Å²) in [6.45, 7) is 0. The molecule has 100 valence electrons. The molecule has 2 aromatic rings. The van der Waals surface area contributed by atoms with Gasteiger partial charge in [-0.25, -0.2) is 0 Å². The van der Waals surface area contributed by atoms with Gasteiger partial charge >= 0.3 is 0 Å². The molecule has 0 radical (unpaired) electrons. The van der Waals surface area contributed by atoms with E-state index in [4.69, 9.17) is 16.3 Å². The summed E-state index contributed by atoms with van der Waals surface area (Å²) >= 11 is 6.01. The number of anilines is 1. The molecule has 0 saturated heterocycles. The number of nitrogens with one attached hydrogen (secondary N) is 1. The number of amides is 1. The maximum atomic E-state index is 12.1. The number of hydrogen-bond donors (Lipinski definition) is 1. The normalized spacial score (nSPS) is 15.1. The second-order valence-electron chi connectivity index (χ2n) is 4.44. The Hall–Kier alpha value is -2.26. The van der Waals surface area contributed by atoms with Crippen LogP contribution in [0.3, 0.4) is 0 Å². The summed E-state index contributed by atoms with van der Waals surface area (Å²) in [5.41, 5.74) is 3.04. The van der Waals surface area contributed by atoms with Gasteiger partial charge in [0, 0.05) is 27.4 Å². The molecule has 0 bridgehead atoms. The van der Waals surface area contributed by atoms with E-state index in [2.05, 4.69) is 5.32 Å². The third-order valence-electron chi connectivity index (χ3n) is 3.20. The number of hydrogen-bond acceptors (Lipinski definition) is 2. The summed E-state index contributed by atoms with van der Waals surface area (Å²) in [4.78, 5) is 12.1. The minimum absolute atomic E-state index is 0.131. The molecule has 1 aliphatic heterocycles. The Morgan fingerprint density at radius 3 is 2.80 bits per heavy atom. The Morgan fingerprint density at radius 2 is 2.00 bits per heavy atom. The van der Waals surface area contributed by atoms with Gasteiger partial charge in [-0.2, -0.15) is 0 Å². The van der Waals surface area contributed by atoms with Gasteiger partial charge in [-0.3, -0.25) is 4.79 Å². The van der Waals surface area contributed by atoms with Gasteiger partial charge in [0.25, 0.3) is 5.91 Å². The number of para-hydroxylation sites is 1. The number of benzene rings is 2. The van der Waals surface area contributed by atoms with E-state index in [1.165, 1.54) is 0 Å². The van der Waals surface area contributed by atoms with Crippen LogP contribution in [-0.4, -0.2) is 13.0 Å². The second kappa shape index (κ2) is 5.02. The predicted octanol–water partition coefficient (Wildman–Crippen LogP) is 3.84. The van der Waals surface area contributed by atoms with Crippen LogP contribution in [0.25, 0.3) is 11.6 Å². The van der Waals surface area contributed by atoms with Gasteiger partial charge in [0.15, 0.2) is 0 Å². The molecule has 0 fully saturated rings. The summed E-state index contributed by atoms with van der Waals surface area (Å²) in [5, 5.41) is 3.43. The fourth-order valence-electron chi connectivity index (χ4n) is 2.24. The van der Waals surface area contributed by atoms with Gasteiger partial charge in [-0.05, 0) is 30.3 Å². The lowest BCUT2D eigenvalue weighted by Crippen LogP contribution is -2.03. The first-order chi connectivity index (χ1) is 9.69. The molecule has 0 saturated carbocycles. The van der Waals surface area contributed by atoms with E-state index < -0.39 is 0 Å². The van der Waals surface area contributed by atoms with Crippen LogP contribution in [0.1, 0.15) is 11.1 Å². The van der Waals surface area contributed by atoms with E-state index in [1.807, 2.05) is 30.3 Å². The minimum atomic E-state index is -0.131. The van der Waals surface area contributed by atoms with E-state index in [0.29, 0.717) is 10.6 Å². The molecule has 0 aromatic heterocycles.